The number of aromatic hydroxyl groups is 1. The first kappa shape index (κ1) is 19.5. The second kappa shape index (κ2) is 8.59. The number of benzene rings is 2. The number of nitrogens with zero attached hydrogens (tertiary/aromatic N) is 2. The molecule has 6 heteroatoms. The zero-order valence-electron chi connectivity index (χ0n) is 14.9. The lowest BCUT2D eigenvalue weighted by Crippen LogP contribution is -2.16. The van der Waals surface area contributed by atoms with E-state index in [0.717, 1.165) is 18.4 Å². The molecule has 3 aromatic rings. The highest BCUT2D eigenvalue weighted by Crippen LogP contribution is 2.30. The Kier molecular flexibility index (Phi) is 6.19. The van der Waals surface area contributed by atoms with Crippen LogP contribution in [0.5, 0.6) is 5.75 Å². The predicted molar refractivity (Wildman–Crippen MR) is 108 cm³/mol. The van der Waals surface area contributed by atoms with Crippen LogP contribution in [0.2, 0.25) is 10.0 Å². The molecule has 1 unspecified atom stereocenters. The summed E-state index contributed by atoms with van der Waals surface area (Å²) < 4.78 is 1.83. The summed E-state index contributed by atoms with van der Waals surface area (Å²) in [5.41, 5.74) is 1.31. The van der Waals surface area contributed by atoms with E-state index in [1.165, 1.54) is 6.07 Å². The van der Waals surface area contributed by atoms with Gasteiger partial charge < -0.3 is 9.67 Å². The number of phenolic OH excluding ortho intramolecular Hbond substituents is 1. The van der Waals surface area contributed by atoms with E-state index in [0.29, 0.717) is 22.4 Å². The van der Waals surface area contributed by atoms with E-state index in [2.05, 4.69) is 11.9 Å². The number of hydrogen-bond acceptors (Lipinski definition) is 3. The topological polar surface area (TPSA) is 55.1 Å². The van der Waals surface area contributed by atoms with Crippen molar-refractivity contribution in [2.24, 2.45) is 0 Å². The minimum absolute atomic E-state index is 0.0494. The second-order valence-corrected chi connectivity index (χ2v) is 7.22. The van der Waals surface area contributed by atoms with Gasteiger partial charge in [-0.1, -0.05) is 54.7 Å². The number of hydrogen-bond donors (Lipinski definition) is 1. The van der Waals surface area contributed by atoms with Crippen LogP contribution in [0.15, 0.2) is 54.9 Å². The van der Waals surface area contributed by atoms with Gasteiger partial charge in [0.15, 0.2) is 5.82 Å². The lowest BCUT2D eigenvalue weighted by Gasteiger charge is -2.19. The summed E-state index contributed by atoms with van der Waals surface area (Å²) in [6, 6.07) is 12.1. The zero-order chi connectivity index (χ0) is 19.4. The molecule has 0 aliphatic heterocycles. The Morgan fingerprint density at radius 2 is 1.96 bits per heavy atom. The van der Waals surface area contributed by atoms with Crippen LogP contribution in [-0.2, 0) is 6.54 Å². The van der Waals surface area contributed by atoms with Gasteiger partial charge in [-0.25, -0.2) is 4.98 Å². The molecular weight excluding hydrogens is 383 g/mol. The first-order valence-electron chi connectivity index (χ1n) is 8.80. The molecular formula is C21H20Cl2N2O2. The van der Waals surface area contributed by atoms with Gasteiger partial charge in [0.2, 0.25) is 5.78 Å². The van der Waals surface area contributed by atoms with Gasteiger partial charge in [0.05, 0.1) is 15.6 Å². The van der Waals surface area contributed by atoms with Crippen molar-refractivity contribution in [3.05, 3.63) is 81.9 Å². The number of phenols is 1. The molecule has 0 amide bonds. The molecule has 0 radical (unpaired) electrons. The second-order valence-electron chi connectivity index (χ2n) is 6.41. The summed E-state index contributed by atoms with van der Waals surface area (Å²) in [5.74, 6) is 0.113. The predicted octanol–water partition coefficient (Wildman–Crippen LogP) is 5.71. The Bertz CT molecular complexity index is 953. The summed E-state index contributed by atoms with van der Waals surface area (Å²) in [7, 11) is 0. The first-order valence-corrected chi connectivity index (χ1v) is 9.55. The highest BCUT2D eigenvalue weighted by atomic mass is 35.5. The van der Waals surface area contributed by atoms with Gasteiger partial charge >= 0.3 is 0 Å². The van der Waals surface area contributed by atoms with Crippen molar-refractivity contribution in [2.45, 2.75) is 32.2 Å². The molecule has 1 heterocycles. The van der Waals surface area contributed by atoms with E-state index in [-0.39, 0.29) is 23.0 Å². The van der Waals surface area contributed by atoms with Gasteiger partial charge in [-0.3, -0.25) is 4.79 Å². The van der Waals surface area contributed by atoms with Gasteiger partial charge in [-0.15, -0.1) is 0 Å². The molecule has 3 rings (SSSR count). The molecule has 1 atom stereocenters. The average molecular weight is 403 g/mol. The average Bonchev–Trinajstić information content (AvgIpc) is 3.12. The smallest absolute Gasteiger partial charge is 0.232 e. The third-order valence-corrected chi connectivity index (χ3v) is 5.28. The summed E-state index contributed by atoms with van der Waals surface area (Å²) in [6.45, 7) is 2.70. The molecule has 140 valence electrons. The number of ketones is 1. The van der Waals surface area contributed by atoms with Crippen LogP contribution in [0.4, 0.5) is 0 Å². The molecule has 0 saturated carbocycles. The van der Waals surface area contributed by atoms with E-state index < -0.39 is 0 Å². The third-order valence-electron chi connectivity index (χ3n) is 4.54. The Labute approximate surface area is 168 Å². The fourth-order valence-electron chi connectivity index (χ4n) is 3.17. The fraction of sp³-hybridized carbons (Fsp3) is 0.238. The van der Waals surface area contributed by atoms with Crippen LogP contribution in [-0.4, -0.2) is 20.4 Å². The van der Waals surface area contributed by atoms with E-state index in [9.17, 15) is 9.90 Å². The number of aromatic nitrogens is 2. The van der Waals surface area contributed by atoms with Crippen molar-refractivity contribution >= 4 is 29.0 Å². The summed E-state index contributed by atoms with van der Waals surface area (Å²) >= 11 is 12.2. The van der Waals surface area contributed by atoms with Crippen molar-refractivity contribution in [2.75, 3.05) is 0 Å². The summed E-state index contributed by atoms with van der Waals surface area (Å²) in [5, 5.41) is 11.0. The lowest BCUT2D eigenvalue weighted by atomic mass is 9.94. The minimum atomic E-state index is -0.303. The van der Waals surface area contributed by atoms with Crippen LogP contribution in [0.3, 0.4) is 0 Å². The van der Waals surface area contributed by atoms with E-state index in [1.54, 1.807) is 36.7 Å². The van der Waals surface area contributed by atoms with Crippen molar-refractivity contribution in [1.82, 2.24) is 9.55 Å². The largest absolute Gasteiger partial charge is 0.507 e. The molecule has 0 fully saturated rings. The molecule has 0 aliphatic rings. The summed E-state index contributed by atoms with van der Waals surface area (Å²) in [6.07, 6.45) is 5.31. The maximum Gasteiger partial charge on any atom is 0.232 e. The molecule has 0 saturated heterocycles. The molecule has 0 bridgehead atoms. The zero-order valence-corrected chi connectivity index (χ0v) is 16.4. The number of halogens is 2. The Hall–Kier alpha value is -2.30. The van der Waals surface area contributed by atoms with Gasteiger partial charge in [0.25, 0.3) is 0 Å². The number of carbonyl (C=O) groups excluding carboxylic acids is 1. The van der Waals surface area contributed by atoms with Crippen molar-refractivity contribution in [3.63, 3.8) is 0 Å². The van der Waals surface area contributed by atoms with Crippen LogP contribution in [0.1, 0.15) is 47.4 Å². The Morgan fingerprint density at radius 1 is 1.19 bits per heavy atom. The van der Waals surface area contributed by atoms with E-state index in [1.807, 2.05) is 16.7 Å². The normalized spacial score (nSPS) is 12.1. The van der Waals surface area contributed by atoms with Crippen molar-refractivity contribution in [3.8, 4) is 5.75 Å². The standard InChI is InChI=1S/C21H20Cl2N2O2/c1-2-5-15(14-8-9-17(22)18(23)12-14)13-25-11-10-24-21(25)20(27)16-6-3-4-7-19(16)26/h3-4,6-12,15,26H,2,5,13H2,1H3. The molecule has 4 nitrogen and oxygen atoms in total. The minimum Gasteiger partial charge on any atom is -0.507 e. The Balaban J connectivity index is 1.90. The third kappa shape index (κ3) is 4.34. The maximum absolute atomic E-state index is 12.8. The molecule has 2 aromatic carbocycles. The number of rotatable bonds is 7. The number of imidazole rings is 1. The van der Waals surface area contributed by atoms with Crippen molar-refractivity contribution in [1.29, 1.82) is 0 Å². The highest BCUT2D eigenvalue weighted by molar-refractivity contribution is 6.42. The monoisotopic (exact) mass is 402 g/mol. The van der Waals surface area contributed by atoms with Crippen LogP contribution in [0.25, 0.3) is 0 Å². The van der Waals surface area contributed by atoms with Crippen molar-refractivity contribution < 1.29 is 9.90 Å². The molecule has 27 heavy (non-hydrogen) atoms. The van der Waals surface area contributed by atoms with Gasteiger partial charge in [0, 0.05) is 24.9 Å². The fourth-order valence-corrected chi connectivity index (χ4v) is 3.47. The van der Waals surface area contributed by atoms with E-state index >= 15 is 0 Å². The quantitative estimate of drug-likeness (QED) is 0.514. The Morgan fingerprint density at radius 3 is 2.67 bits per heavy atom. The molecule has 1 aromatic heterocycles. The number of carbonyl (C=O) groups is 1. The van der Waals surface area contributed by atoms with Crippen LogP contribution < -0.4 is 0 Å². The maximum atomic E-state index is 12.8. The molecule has 0 spiro atoms. The summed E-state index contributed by atoms with van der Waals surface area (Å²) in [4.78, 5) is 17.1. The highest BCUT2D eigenvalue weighted by Gasteiger charge is 2.21. The van der Waals surface area contributed by atoms with Gasteiger partial charge in [-0.2, -0.15) is 0 Å². The van der Waals surface area contributed by atoms with Crippen LogP contribution >= 0.6 is 23.2 Å². The van der Waals surface area contributed by atoms with Gasteiger partial charge in [0.1, 0.15) is 5.75 Å². The molecule has 1 N–H and O–H groups in total. The van der Waals surface area contributed by atoms with E-state index in [4.69, 9.17) is 23.2 Å². The SMILES string of the molecule is CCCC(Cn1ccnc1C(=O)c1ccccc1O)c1ccc(Cl)c(Cl)c1. The molecule has 0 aliphatic carbocycles. The number of para-hydroxylation sites is 1. The van der Waals surface area contributed by atoms with Crippen LogP contribution in [0, 0.1) is 0 Å². The first-order chi connectivity index (χ1) is 13.0. The lowest BCUT2D eigenvalue weighted by molar-refractivity contribution is 0.102. The van der Waals surface area contributed by atoms with Gasteiger partial charge in [-0.05, 0) is 36.2 Å².